The molecule has 0 aliphatic rings. The lowest BCUT2D eigenvalue weighted by molar-refractivity contribution is -0.703. The minimum atomic E-state index is 1.20. The predicted molar refractivity (Wildman–Crippen MR) is 128 cm³/mol. The van der Waals surface area contributed by atoms with Crippen molar-refractivity contribution in [3.05, 3.63) is 18.2 Å². The van der Waals surface area contributed by atoms with E-state index < -0.39 is 0 Å². The van der Waals surface area contributed by atoms with E-state index in [0.29, 0.717) is 0 Å². The third-order valence-electron chi connectivity index (χ3n) is 6.37. The van der Waals surface area contributed by atoms with Crippen LogP contribution in [0, 0.1) is 0 Å². The number of aromatic nitrogens is 2. The van der Waals surface area contributed by atoms with E-state index in [9.17, 15) is 0 Å². The van der Waals surface area contributed by atoms with Crippen molar-refractivity contribution < 1.29 is 4.57 Å². The normalized spacial score (nSPS) is 11.4. The number of aromatic amines is 1. The maximum Gasteiger partial charge on any atom is 0.254 e. The minimum absolute atomic E-state index is 1.20. The lowest BCUT2D eigenvalue weighted by Crippen LogP contribution is -2.36. The Kier molecular flexibility index (Phi) is 18.5. The van der Waals surface area contributed by atoms with Gasteiger partial charge in [0, 0.05) is 6.42 Å². The fourth-order valence-electron chi connectivity index (χ4n) is 4.37. The van der Waals surface area contributed by atoms with Gasteiger partial charge in [-0.25, -0.2) is 9.55 Å². The number of aryl methyl sites for hydroxylation is 2. The predicted octanol–water partition coefficient (Wildman–Crippen LogP) is 8.69. The van der Waals surface area contributed by atoms with Gasteiger partial charge in [0.2, 0.25) is 0 Å². The molecule has 2 nitrogen and oxygen atoms in total. The summed E-state index contributed by atoms with van der Waals surface area (Å²) in [6.45, 7) is 5.79. The lowest BCUT2D eigenvalue weighted by atomic mass is 10.0. The molecule has 2 heteroatoms. The summed E-state index contributed by atoms with van der Waals surface area (Å²) in [5.41, 5.74) is 0. The Balaban J connectivity index is 1.88. The van der Waals surface area contributed by atoms with Gasteiger partial charge in [-0.1, -0.05) is 123 Å². The summed E-state index contributed by atoms with van der Waals surface area (Å²) >= 11 is 0. The van der Waals surface area contributed by atoms with Crippen LogP contribution >= 0.6 is 0 Å². The van der Waals surface area contributed by atoms with Crippen LogP contribution < -0.4 is 4.57 Å². The zero-order valence-corrected chi connectivity index (χ0v) is 20.2. The summed E-state index contributed by atoms with van der Waals surface area (Å²) in [4.78, 5) is 3.48. The van der Waals surface area contributed by atoms with Crippen molar-refractivity contribution in [2.24, 2.45) is 0 Å². The Morgan fingerprint density at radius 2 is 0.966 bits per heavy atom. The van der Waals surface area contributed by atoms with Crippen molar-refractivity contribution in [2.45, 2.75) is 155 Å². The third kappa shape index (κ3) is 15.7. The van der Waals surface area contributed by atoms with Gasteiger partial charge in [0.15, 0.2) is 0 Å². The second-order valence-electron chi connectivity index (χ2n) is 9.21. The van der Waals surface area contributed by atoms with Gasteiger partial charge in [-0.15, -0.1) is 0 Å². The molecule has 1 heterocycles. The number of nitrogens with one attached hydrogen (secondary N) is 1. The Hall–Kier alpha value is -0.790. The van der Waals surface area contributed by atoms with Crippen LogP contribution in [0.3, 0.4) is 0 Å². The molecule has 0 unspecified atom stereocenters. The lowest BCUT2D eigenvalue weighted by Gasteiger charge is -2.04. The molecule has 0 aromatic carbocycles. The van der Waals surface area contributed by atoms with Crippen molar-refractivity contribution in [2.75, 3.05) is 0 Å². The highest BCUT2D eigenvalue weighted by Crippen LogP contribution is 2.13. The first-order valence-electron chi connectivity index (χ1n) is 13.4. The molecule has 0 radical (unpaired) electrons. The number of unbranched alkanes of at least 4 members (excludes halogenated alkanes) is 18. The number of rotatable bonds is 22. The monoisotopic (exact) mass is 405 g/mol. The number of imidazole rings is 1. The molecule has 29 heavy (non-hydrogen) atoms. The van der Waals surface area contributed by atoms with Gasteiger partial charge in [0.25, 0.3) is 5.82 Å². The van der Waals surface area contributed by atoms with Gasteiger partial charge in [0.1, 0.15) is 12.4 Å². The largest absolute Gasteiger partial charge is 0.254 e. The maximum atomic E-state index is 3.48. The Bertz CT molecular complexity index is 438. The van der Waals surface area contributed by atoms with E-state index >= 15 is 0 Å². The Morgan fingerprint density at radius 3 is 1.45 bits per heavy atom. The molecule has 170 valence electrons. The fraction of sp³-hybridized carbons (Fsp3) is 0.889. The van der Waals surface area contributed by atoms with Gasteiger partial charge < -0.3 is 0 Å². The molecule has 0 aliphatic heterocycles. The summed E-state index contributed by atoms with van der Waals surface area (Å²) in [6.07, 6.45) is 34.0. The molecule has 0 saturated heterocycles. The maximum absolute atomic E-state index is 3.48. The number of nitrogens with zero attached hydrogens (tertiary/aromatic N) is 1. The Labute approximate surface area is 183 Å². The molecular formula is C27H53N2+. The van der Waals surface area contributed by atoms with Crippen molar-refractivity contribution in [3.8, 4) is 0 Å². The molecule has 1 aromatic heterocycles. The van der Waals surface area contributed by atoms with Crippen molar-refractivity contribution in [3.63, 3.8) is 0 Å². The molecule has 0 spiro atoms. The van der Waals surface area contributed by atoms with Crippen LogP contribution in [0.25, 0.3) is 0 Å². The topological polar surface area (TPSA) is 19.7 Å². The molecule has 0 fully saturated rings. The second kappa shape index (κ2) is 20.5. The number of hydrogen-bond donors (Lipinski definition) is 1. The molecule has 1 rings (SSSR count). The van der Waals surface area contributed by atoms with E-state index in [0.717, 1.165) is 0 Å². The molecule has 0 saturated carbocycles. The summed E-state index contributed by atoms with van der Waals surface area (Å²) in [5.74, 6) is 1.44. The smallest absolute Gasteiger partial charge is 0.248 e. The van der Waals surface area contributed by atoms with E-state index in [1.807, 2.05) is 0 Å². The summed E-state index contributed by atoms with van der Waals surface area (Å²) in [5, 5.41) is 0. The summed E-state index contributed by atoms with van der Waals surface area (Å²) < 4.78 is 2.46. The van der Waals surface area contributed by atoms with E-state index in [4.69, 9.17) is 0 Å². The second-order valence-corrected chi connectivity index (χ2v) is 9.21. The molecule has 0 aliphatic carbocycles. The first-order valence-corrected chi connectivity index (χ1v) is 13.4. The quantitative estimate of drug-likeness (QED) is 0.147. The first kappa shape index (κ1) is 26.2. The highest BCUT2D eigenvalue weighted by molar-refractivity contribution is 4.77. The van der Waals surface area contributed by atoms with Crippen molar-refractivity contribution in [1.82, 2.24) is 4.98 Å². The average molecular weight is 406 g/mol. The minimum Gasteiger partial charge on any atom is -0.248 e. The fourth-order valence-corrected chi connectivity index (χ4v) is 4.37. The van der Waals surface area contributed by atoms with Crippen LogP contribution in [0.5, 0.6) is 0 Å². The van der Waals surface area contributed by atoms with Crippen molar-refractivity contribution in [1.29, 1.82) is 0 Å². The SMILES string of the molecule is CCCCCCCCCCCCCCCCc1[nH]cc[n+]1CCCCCCCC. The van der Waals surface area contributed by atoms with Crippen molar-refractivity contribution >= 4 is 0 Å². The number of H-pyrrole nitrogens is 1. The van der Waals surface area contributed by atoms with E-state index in [1.165, 1.54) is 147 Å². The zero-order valence-electron chi connectivity index (χ0n) is 20.2. The summed E-state index contributed by atoms with van der Waals surface area (Å²) in [6, 6.07) is 0. The van der Waals surface area contributed by atoms with Gasteiger partial charge in [-0.05, 0) is 19.3 Å². The zero-order chi connectivity index (χ0) is 20.8. The van der Waals surface area contributed by atoms with Crippen LogP contribution in [0.1, 0.15) is 148 Å². The van der Waals surface area contributed by atoms with Gasteiger partial charge >= 0.3 is 0 Å². The van der Waals surface area contributed by atoms with E-state index in [2.05, 4.69) is 35.8 Å². The Morgan fingerprint density at radius 1 is 0.552 bits per heavy atom. The highest BCUT2D eigenvalue weighted by Gasteiger charge is 2.09. The number of hydrogen-bond acceptors (Lipinski definition) is 0. The average Bonchev–Trinajstić information content (AvgIpc) is 3.18. The molecular weight excluding hydrogens is 352 g/mol. The van der Waals surface area contributed by atoms with Crippen LogP contribution in [0.4, 0.5) is 0 Å². The molecule has 0 amide bonds. The van der Waals surface area contributed by atoms with Gasteiger partial charge in [-0.3, -0.25) is 0 Å². The van der Waals surface area contributed by atoms with Gasteiger partial charge in [0.05, 0.1) is 6.54 Å². The van der Waals surface area contributed by atoms with E-state index in [-0.39, 0.29) is 0 Å². The van der Waals surface area contributed by atoms with E-state index in [1.54, 1.807) is 0 Å². The molecule has 1 N–H and O–H groups in total. The van der Waals surface area contributed by atoms with Crippen LogP contribution in [0.15, 0.2) is 12.4 Å². The molecule has 1 aromatic rings. The summed E-state index contributed by atoms with van der Waals surface area (Å²) in [7, 11) is 0. The highest BCUT2D eigenvalue weighted by atomic mass is 15.1. The molecule has 0 atom stereocenters. The van der Waals surface area contributed by atoms with Gasteiger partial charge in [-0.2, -0.15) is 0 Å². The first-order chi connectivity index (χ1) is 14.4. The van der Waals surface area contributed by atoms with Crippen LogP contribution in [-0.2, 0) is 13.0 Å². The van der Waals surface area contributed by atoms with Crippen LogP contribution in [0.2, 0.25) is 0 Å². The molecule has 0 bridgehead atoms. The van der Waals surface area contributed by atoms with Crippen LogP contribution in [-0.4, -0.2) is 4.98 Å². The third-order valence-corrected chi connectivity index (χ3v) is 6.37. The standard InChI is InChI=1S/C27H52N2/c1-3-5-7-9-11-12-13-14-15-16-17-18-19-21-23-27-28-24-26-29(27)25-22-20-10-8-6-4-2/h24,26H,3-23,25H2,1-2H3/p+1.